The fourth-order valence-corrected chi connectivity index (χ4v) is 2.95. The van der Waals surface area contributed by atoms with E-state index in [1.165, 1.54) is 11.3 Å². The van der Waals surface area contributed by atoms with Gasteiger partial charge in [-0.25, -0.2) is 4.98 Å². The number of thiazole rings is 1. The van der Waals surface area contributed by atoms with Crippen LogP contribution < -0.4 is 10.9 Å². The Labute approximate surface area is 109 Å². The number of nitrogens with one attached hydrogen (secondary N) is 1. The van der Waals surface area contributed by atoms with Gasteiger partial charge >= 0.3 is 0 Å². The second-order valence-corrected chi connectivity index (χ2v) is 5.39. The van der Waals surface area contributed by atoms with Gasteiger partial charge in [0.15, 0.2) is 4.96 Å². The van der Waals surface area contributed by atoms with Gasteiger partial charge < -0.3 is 5.32 Å². The fourth-order valence-electron chi connectivity index (χ4n) is 2.21. The van der Waals surface area contributed by atoms with Crippen molar-refractivity contribution < 1.29 is 0 Å². The van der Waals surface area contributed by atoms with Crippen molar-refractivity contribution in [2.45, 2.75) is 19.5 Å². The summed E-state index contributed by atoms with van der Waals surface area (Å²) in [4.78, 5) is 19.6. The first-order chi connectivity index (χ1) is 8.78. The summed E-state index contributed by atoms with van der Waals surface area (Å²) in [5.41, 5.74) is 0.884. The molecule has 0 amide bonds. The number of aromatic nitrogens is 2. The molecule has 2 aromatic heterocycles. The Balaban J connectivity index is 1.86. The number of hydrogen-bond acceptors (Lipinski definition) is 5. The zero-order valence-electron chi connectivity index (χ0n) is 10.3. The summed E-state index contributed by atoms with van der Waals surface area (Å²) in [5, 5.41) is 5.16. The van der Waals surface area contributed by atoms with Gasteiger partial charge in [0.25, 0.3) is 5.56 Å². The van der Waals surface area contributed by atoms with Crippen molar-refractivity contribution in [1.82, 2.24) is 19.6 Å². The highest BCUT2D eigenvalue weighted by molar-refractivity contribution is 7.15. The monoisotopic (exact) mass is 264 g/mol. The molecular formula is C12H16N4OS. The smallest absolute Gasteiger partial charge is 0.258 e. The zero-order chi connectivity index (χ0) is 12.5. The van der Waals surface area contributed by atoms with Crippen LogP contribution in [0.15, 0.2) is 22.4 Å². The molecule has 0 aromatic carbocycles. The van der Waals surface area contributed by atoms with Crippen LogP contribution in [0.2, 0.25) is 0 Å². The molecule has 0 saturated carbocycles. The number of rotatable bonds is 4. The van der Waals surface area contributed by atoms with Gasteiger partial charge in [0.2, 0.25) is 0 Å². The molecule has 5 nitrogen and oxygen atoms in total. The first-order valence-electron chi connectivity index (χ1n) is 6.18. The number of hydrogen-bond donors (Lipinski definition) is 1. The highest BCUT2D eigenvalue weighted by Gasteiger charge is 2.23. The average Bonchev–Trinajstić information content (AvgIpc) is 2.74. The molecular weight excluding hydrogens is 248 g/mol. The standard InChI is InChI=1S/C12H16N4OS/c1-2-15(10-6-13-7-10)8-9-5-11(17)16-3-4-18-12(16)14-9/h3-5,10,13H,2,6-8H2,1H3. The van der Waals surface area contributed by atoms with E-state index in [2.05, 4.69) is 22.1 Å². The molecule has 2 aromatic rings. The molecule has 1 aliphatic heterocycles. The van der Waals surface area contributed by atoms with Gasteiger partial charge in [0.1, 0.15) is 0 Å². The maximum Gasteiger partial charge on any atom is 0.258 e. The Kier molecular flexibility index (Phi) is 3.15. The minimum absolute atomic E-state index is 0.0130. The Bertz CT molecular complexity index is 601. The topological polar surface area (TPSA) is 49.6 Å². The minimum Gasteiger partial charge on any atom is -0.314 e. The minimum atomic E-state index is 0.0130. The molecule has 6 heteroatoms. The lowest BCUT2D eigenvalue weighted by Crippen LogP contribution is -2.56. The molecule has 3 rings (SSSR count). The van der Waals surface area contributed by atoms with Crippen LogP contribution in [0.4, 0.5) is 0 Å². The molecule has 3 heterocycles. The normalized spacial score (nSPS) is 16.3. The summed E-state index contributed by atoms with van der Waals surface area (Å²) in [5.74, 6) is 0. The molecule has 0 aliphatic carbocycles. The van der Waals surface area contributed by atoms with Crippen molar-refractivity contribution in [3.63, 3.8) is 0 Å². The van der Waals surface area contributed by atoms with Gasteiger partial charge in [-0.2, -0.15) is 0 Å². The van der Waals surface area contributed by atoms with Crippen LogP contribution >= 0.6 is 11.3 Å². The Morgan fingerprint density at radius 2 is 2.44 bits per heavy atom. The summed E-state index contributed by atoms with van der Waals surface area (Å²) < 4.78 is 1.59. The summed E-state index contributed by atoms with van der Waals surface area (Å²) in [7, 11) is 0. The lowest BCUT2D eigenvalue weighted by molar-refractivity contribution is 0.143. The highest BCUT2D eigenvalue weighted by Crippen LogP contribution is 2.11. The largest absolute Gasteiger partial charge is 0.314 e. The quantitative estimate of drug-likeness (QED) is 0.876. The van der Waals surface area contributed by atoms with Crippen LogP contribution in [0.25, 0.3) is 4.96 Å². The predicted octanol–water partition coefficient (Wildman–Crippen LogP) is 0.550. The molecule has 0 spiro atoms. The predicted molar refractivity (Wildman–Crippen MR) is 72.1 cm³/mol. The Morgan fingerprint density at radius 1 is 1.61 bits per heavy atom. The third-order valence-electron chi connectivity index (χ3n) is 3.40. The number of fused-ring (bicyclic) bond motifs is 1. The van der Waals surface area contributed by atoms with E-state index in [0.29, 0.717) is 6.04 Å². The van der Waals surface area contributed by atoms with Crippen molar-refractivity contribution in [2.75, 3.05) is 19.6 Å². The molecule has 0 atom stereocenters. The summed E-state index contributed by atoms with van der Waals surface area (Å²) in [6.45, 7) is 5.96. The molecule has 18 heavy (non-hydrogen) atoms. The molecule has 1 fully saturated rings. The van der Waals surface area contributed by atoms with Crippen molar-refractivity contribution in [1.29, 1.82) is 0 Å². The van der Waals surface area contributed by atoms with Crippen LogP contribution in [-0.2, 0) is 6.54 Å². The van der Waals surface area contributed by atoms with Gasteiger partial charge in [0, 0.05) is 43.3 Å². The first kappa shape index (κ1) is 11.8. The molecule has 96 valence electrons. The van der Waals surface area contributed by atoms with Crippen LogP contribution in [0.1, 0.15) is 12.6 Å². The molecule has 1 N–H and O–H groups in total. The fraction of sp³-hybridized carbons (Fsp3) is 0.500. The Hall–Kier alpha value is -1.24. The third kappa shape index (κ3) is 2.07. The van der Waals surface area contributed by atoms with Crippen LogP contribution in [0.3, 0.4) is 0 Å². The van der Waals surface area contributed by atoms with Gasteiger partial charge in [-0.3, -0.25) is 14.1 Å². The van der Waals surface area contributed by atoms with Crippen molar-refractivity contribution in [2.24, 2.45) is 0 Å². The van der Waals surface area contributed by atoms with E-state index in [0.717, 1.165) is 36.8 Å². The SMILES string of the molecule is CCN(Cc1cc(=O)n2ccsc2n1)C1CNC1. The number of likely N-dealkylation sites (N-methyl/N-ethyl adjacent to an activating group) is 1. The first-order valence-corrected chi connectivity index (χ1v) is 7.06. The van der Waals surface area contributed by atoms with Crippen molar-refractivity contribution >= 4 is 16.3 Å². The summed E-state index contributed by atoms with van der Waals surface area (Å²) in [6, 6.07) is 2.23. The van der Waals surface area contributed by atoms with E-state index in [4.69, 9.17) is 0 Å². The summed E-state index contributed by atoms with van der Waals surface area (Å²) in [6.07, 6.45) is 1.77. The second kappa shape index (κ2) is 4.79. The molecule has 0 unspecified atom stereocenters. The molecule has 0 bridgehead atoms. The molecule has 1 saturated heterocycles. The van der Waals surface area contributed by atoms with Crippen LogP contribution in [0, 0.1) is 0 Å². The van der Waals surface area contributed by atoms with Crippen molar-refractivity contribution in [3.05, 3.63) is 33.7 Å². The van der Waals surface area contributed by atoms with Crippen LogP contribution in [-0.4, -0.2) is 40.0 Å². The van der Waals surface area contributed by atoms with Gasteiger partial charge in [0.05, 0.1) is 5.69 Å². The van der Waals surface area contributed by atoms with Gasteiger partial charge in [-0.15, -0.1) is 11.3 Å². The Morgan fingerprint density at radius 3 is 3.11 bits per heavy atom. The maximum atomic E-state index is 11.9. The zero-order valence-corrected chi connectivity index (χ0v) is 11.1. The molecule has 0 radical (unpaired) electrons. The van der Waals surface area contributed by atoms with E-state index < -0.39 is 0 Å². The van der Waals surface area contributed by atoms with E-state index in [1.807, 2.05) is 5.38 Å². The maximum absolute atomic E-state index is 11.9. The molecule has 1 aliphatic rings. The van der Waals surface area contributed by atoms with Crippen LogP contribution in [0.5, 0.6) is 0 Å². The van der Waals surface area contributed by atoms with E-state index in [9.17, 15) is 4.79 Å². The van der Waals surface area contributed by atoms with Crippen molar-refractivity contribution in [3.8, 4) is 0 Å². The average molecular weight is 264 g/mol. The van der Waals surface area contributed by atoms with E-state index >= 15 is 0 Å². The van der Waals surface area contributed by atoms with E-state index in [1.54, 1.807) is 16.7 Å². The summed E-state index contributed by atoms with van der Waals surface area (Å²) >= 11 is 1.50. The third-order valence-corrected chi connectivity index (χ3v) is 4.16. The van der Waals surface area contributed by atoms with E-state index in [-0.39, 0.29) is 5.56 Å². The second-order valence-electron chi connectivity index (χ2n) is 4.52. The highest BCUT2D eigenvalue weighted by atomic mass is 32.1. The van der Waals surface area contributed by atoms with Gasteiger partial charge in [-0.05, 0) is 6.54 Å². The van der Waals surface area contributed by atoms with Gasteiger partial charge in [-0.1, -0.05) is 6.92 Å². The number of nitrogens with zero attached hydrogens (tertiary/aromatic N) is 3. The lowest BCUT2D eigenvalue weighted by atomic mass is 10.1. The lowest BCUT2D eigenvalue weighted by Gasteiger charge is -2.37.